The molecule has 0 spiro atoms. The van der Waals surface area contributed by atoms with E-state index in [0.717, 1.165) is 0 Å². The first-order valence-corrected chi connectivity index (χ1v) is 3.26. The number of rotatable bonds is 3. The van der Waals surface area contributed by atoms with Gasteiger partial charge in [0, 0.05) is 11.1 Å². The second-order valence-electron chi connectivity index (χ2n) is 2.12. The van der Waals surface area contributed by atoms with Crippen molar-refractivity contribution >= 4 is 12.6 Å². The molecule has 0 bridgehead atoms. The second kappa shape index (κ2) is 3.67. The first kappa shape index (κ1) is 8.46. The van der Waals surface area contributed by atoms with E-state index in [-0.39, 0.29) is 11.1 Å². The highest BCUT2D eigenvalue weighted by molar-refractivity contribution is 5.91. The third-order valence-electron chi connectivity index (χ3n) is 1.45. The van der Waals surface area contributed by atoms with Crippen molar-refractivity contribution in [3.05, 3.63) is 29.3 Å². The fraction of sp³-hybridized carbons (Fsp3) is 0.111. The molecule has 0 fully saturated rings. The molecule has 1 aromatic rings. The average Bonchev–Trinajstić information content (AvgIpc) is 2.16. The number of benzene rings is 1. The fourth-order valence-electron chi connectivity index (χ4n) is 0.824. The summed E-state index contributed by atoms with van der Waals surface area (Å²) in [5, 5.41) is 0. The van der Waals surface area contributed by atoms with Crippen LogP contribution in [0.2, 0.25) is 0 Å². The largest absolute Gasteiger partial charge is 0.497 e. The molecule has 12 heavy (non-hydrogen) atoms. The Hall–Kier alpha value is -1.64. The molecule has 0 heterocycles. The van der Waals surface area contributed by atoms with Crippen molar-refractivity contribution in [2.45, 2.75) is 0 Å². The van der Waals surface area contributed by atoms with Gasteiger partial charge in [-0.05, 0) is 18.2 Å². The predicted octanol–water partition coefficient (Wildman–Crippen LogP) is 0.611. The Bertz CT molecular complexity index is 305. The Morgan fingerprint density at radius 2 is 1.83 bits per heavy atom. The fourth-order valence-corrected chi connectivity index (χ4v) is 0.824. The molecule has 60 valence electrons. The molecule has 2 radical (unpaired) electrons. The maximum atomic E-state index is 10.3. The van der Waals surface area contributed by atoms with Crippen molar-refractivity contribution in [3.63, 3.8) is 0 Å². The van der Waals surface area contributed by atoms with Crippen molar-refractivity contribution < 1.29 is 14.3 Å². The van der Waals surface area contributed by atoms with E-state index in [1.807, 2.05) is 0 Å². The van der Waals surface area contributed by atoms with Crippen LogP contribution in [-0.2, 0) is 9.59 Å². The summed E-state index contributed by atoms with van der Waals surface area (Å²) in [6.45, 7) is 0. The van der Waals surface area contributed by atoms with Gasteiger partial charge in [-0.1, -0.05) is 0 Å². The Labute approximate surface area is 70.0 Å². The maximum absolute atomic E-state index is 10.3. The predicted molar refractivity (Wildman–Crippen MR) is 42.6 cm³/mol. The molecule has 0 aliphatic carbocycles. The quantitative estimate of drug-likeness (QED) is 0.654. The van der Waals surface area contributed by atoms with Gasteiger partial charge in [-0.25, -0.2) is 0 Å². The summed E-state index contributed by atoms with van der Waals surface area (Å²) in [6.07, 6.45) is 3.26. The highest BCUT2D eigenvalue weighted by atomic mass is 16.5. The van der Waals surface area contributed by atoms with Crippen LogP contribution >= 0.6 is 0 Å². The van der Waals surface area contributed by atoms with E-state index in [0.29, 0.717) is 5.75 Å². The van der Waals surface area contributed by atoms with Gasteiger partial charge in [0.05, 0.1) is 7.11 Å². The summed E-state index contributed by atoms with van der Waals surface area (Å²) in [5.74, 6) is 0.521. The SMILES string of the molecule is COc1ccc([C]=O)c([C]=O)c1. The molecule has 0 unspecified atom stereocenters. The van der Waals surface area contributed by atoms with Crippen molar-refractivity contribution in [1.82, 2.24) is 0 Å². The van der Waals surface area contributed by atoms with E-state index in [2.05, 4.69) is 0 Å². The van der Waals surface area contributed by atoms with Crippen LogP contribution < -0.4 is 4.74 Å². The van der Waals surface area contributed by atoms with E-state index in [9.17, 15) is 9.59 Å². The van der Waals surface area contributed by atoms with Crippen molar-refractivity contribution in [1.29, 1.82) is 0 Å². The minimum atomic E-state index is 0.171. The molecule has 1 aromatic carbocycles. The molecule has 3 heteroatoms. The summed E-state index contributed by atoms with van der Waals surface area (Å²) < 4.78 is 4.85. The zero-order valence-corrected chi connectivity index (χ0v) is 6.46. The zero-order chi connectivity index (χ0) is 8.97. The van der Waals surface area contributed by atoms with Crippen LogP contribution in [0.3, 0.4) is 0 Å². The minimum Gasteiger partial charge on any atom is -0.497 e. The van der Waals surface area contributed by atoms with Crippen LogP contribution in [0.15, 0.2) is 18.2 Å². The van der Waals surface area contributed by atoms with Gasteiger partial charge in [0.15, 0.2) is 0 Å². The monoisotopic (exact) mass is 162 g/mol. The van der Waals surface area contributed by atoms with E-state index in [1.54, 1.807) is 18.6 Å². The Kier molecular flexibility index (Phi) is 2.58. The van der Waals surface area contributed by atoms with Gasteiger partial charge < -0.3 is 4.74 Å². The van der Waals surface area contributed by atoms with Crippen molar-refractivity contribution in [2.24, 2.45) is 0 Å². The van der Waals surface area contributed by atoms with Gasteiger partial charge in [-0.2, -0.15) is 0 Å². The van der Waals surface area contributed by atoms with Crippen molar-refractivity contribution in [2.75, 3.05) is 7.11 Å². The van der Waals surface area contributed by atoms with Crippen LogP contribution in [0.1, 0.15) is 11.1 Å². The van der Waals surface area contributed by atoms with Gasteiger partial charge in [-0.15, -0.1) is 0 Å². The number of hydrogen-bond donors (Lipinski definition) is 0. The lowest BCUT2D eigenvalue weighted by Crippen LogP contribution is -1.92. The van der Waals surface area contributed by atoms with Crippen LogP contribution in [0.25, 0.3) is 0 Å². The maximum Gasteiger partial charge on any atom is 0.234 e. The average molecular weight is 162 g/mol. The van der Waals surface area contributed by atoms with Gasteiger partial charge in [-0.3, -0.25) is 9.59 Å². The van der Waals surface area contributed by atoms with Crippen LogP contribution in [0.4, 0.5) is 0 Å². The molecule has 0 saturated carbocycles. The summed E-state index contributed by atoms with van der Waals surface area (Å²) in [6, 6.07) is 4.49. The molecule has 0 N–H and O–H groups in total. The standard InChI is InChI=1S/C9H6O3/c1-12-9-3-2-7(5-10)8(4-9)6-11/h2-4H,1H3. The first-order chi connectivity index (χ1) is 5.81. The highest BCUT2D eigenvalue weighted by Crippen LogP contribution is 2.14. The number of ether oxygens (including phenoxy) is 1. The van der Waals surface area contributed by atoms with E-state index in [1.165, 1.54) is 19.2 Å². The summed E-state index contributed by atoms with van der Waals surface area (Å²) in [5.41, 5.74) is 0.371. The number of hydrogen-bond acceptors (Lipinski definition) is 3. The summed E-state index contributed by atoms with van der Waals surface area (Å²) in [4.78, 5) is 20.5. The number of methoxy groups -OCH3 is 1. The Morgan fingerprint density at radius 3 is 2.33 bits per heavy atom. The van der Waals surface area contributed by atoms with Gasteiger partial charge in [0.25, 0.3) is 0 Å². The lowest BCUT2D eigenvalue weighted by atomic mass is 10.1. The van der Waals surface area contributed by atoms with Gasteiger partial charge in [0.2, 0.25) is 12.6 Å². The lowest BCUT2D eigenvalue weighted by molar-refractivity contribution is 0.414. The molecular formula is C9H6O3. The van der Waals surface area contributed by atoms with Crippen LogP contribution in [0, 0.1) is 0 Å². The highest BCUT2D eigenvalue weighted by Gasteiger charge is 2.03. The molecule has 0 aromatic heterocycles. The molecule has 0 atom stereocenters. The third kappa shape index (κ3) is 1.50. The van der Waals surface area contributed by atoms with Gasteiger partial charge in [0.1, 0.15) is 5.75 Å². The molecule has 0 saturated heterocycles. The molecule has 0 aliphatic heterocycles. The number of carbonyl (C=O) groups excluding carboxylic acids is 2. The Morgan fingerprint density at radius 1 is 1.17 bits per heavy atom. The molecule has 1 rings (SSSR count). The van der Waals surface area contributed by atoms with Crippen LogP contribution in [-0.4, -0.2) is 19.7 Å². The Balaban J connectivity index is 3.18. The third-order valence-corrected chi connectivity index (χ3v) is 1.45. The summed E-state index contributed by atoms with van der Waals surface area (Å²) >= 11 is 0. The smallest absolute Gasteiger partial charge is 0.234 e. The minimum absolute atomic E-state index is 0.171. The molecule has 3 nitrogen and oxygen atoms in total. The van der Waals surface area contributed by atoms with Crippen LogP contribution in [0.5, 0.6) is 5.75 Å². The van der Waals surface area contributed by atoms with Gasteiger partial charge >= 0.3 is 0 Å². The topological polar surface area (TPSA) is 43.4 Å². The lowest BCUT2D eigenvalue weighted by Gasteiger charge is -2.00. The molecular weight excluding hydrogens is 156 g/mol. The zero-order valence-electron chi connectivity index (χ0n) is 6.46. The normalized spacial score (nSPS) is 9.08. The van der Waals surface area contributed by atoms with E-state index >= 15 is 0 Å². The van der Waals surface area contributed by atoms with Crippen molar-refractivity contribution in [3.8, 4) is 5.75 Å². The first-order valence-electron chi connectivity index (χ1n) is 3.26. The second-order valence-corrected chi connectivity index (χ2v) is 2.12. The molecule has 0 aliphatic rings. The summed E-state index contributed by atoms with van der Waals surface area (Å²) in [7, 11) is 1.48. The van der Waals surface area contributed by atoms with E-state index in [4.69, 9.17) is 4.74 Å². The van der Waals surface area contributed by atoms with E-state index < -0.39 is 0 Å². The molecule has 0 amide bonds.